The lowest BCUT2D eigenvalue weighted by Crippen LogP contribution is -2.44. The van der Waals surface area contributed by atoms with Crippen LogP contribution in [0, 0.1) is 0 Å². The number of hydrogen-bond donors (Lipinski definition) is 3. The molecule has 5 nitrogen and oxygen atoms in total. The summed E-state index contributed by atoms with van der Waals surface area (Å²) in [6, 6.07) is 11.2. The summed E-state index contributed by atoms with van der Waals surface area (Å²) in [5, 5.41) is 12.1. The maximum absolute atomic E-state index is 11.8. The van der Waals surface area contributed by atoms with Gasteiger partial charge < -0.3 is 16.2 Å². The fraction of sp³-hybridized carbons (Fsp3) is 0.333. The molecule has 1 fully saturated rings. The molecule has 5 heteroatoms. The van der Waals surface area contributed by atoms with Crippen molar-refractivity contribution in [3.8, 4) is 11.1 Å². The number of aliphatic hydroxyl groups excluding tert-OH is 1. The van der Waals surface area contributed by atoms with Gasteiger partial charge >= 0.3 is 0 Å². The molecule has 1 aliphatic rings. The van der Waals surface area contributed by atoms with Gasteiger partial charge in [0, 0.05) is 11.8 Å². The number of nitrogens with zero attached hydrogens (tertiary/aromatic N) is 1. The number of rotatable bonds is 5. The lowest BCUT2D eigenvalue weighted by atomic mass is 10.0. The van der Waals surface area contributed by atoms with Crippen molar-refractivity contribution in [3.63, 3.8) is 0 Å². The number of aromatic nitrogens is 1. The third kappa shape index (κ3) is 3.25. The Balaban J connectivity index is 1.78. The van der Waals surface area contributed by atoms with E-state index in [4.69, 9.17) is 10.8 Å². The Morgan fingerprint density at radius 1 is 1.26 bits per heavy atom. The standard InChI is InChI=1S/C18H21N3O2/c1-12(19)17(23)21-18(8-9-18)16-7-6-15(10-20-16)14-4-2-13(11-22)3-5-14/h2-7,10,12,22H,8-9,11,19H2,1H3,(H,21,23). The van der Waals surface area contributed by atoms with Gasteiger partial charge in [-0.15, -0.1) is 0 Å². The molecule has 0 aliphatic heterocycles. The summed E-state index contributed by atoms with van der Waals surface area (Å²) >= 11 is 0. The van der Waals surface area contributed by atoms with E-state index in [2.05, 4.69) is 10.3 Å². The molecule has 23 heavy (non-hydrogen) atoms. The van der Waals surface area contributed by atoms with E-state index in [0.29, 0.717) is 0 Å². The molecule has 1 aliphatic carbocycles. The van der Waals surface area contributed by atoms with Crippen LogP contribution in [0.1, 0.15) is 31.0 Å². The van der Waals surface area contributed by atoms with Crippen LogP contribution in [0.25, 0.3) is 11.1 Å². The van der Waals surface area contributed by atoms with Crippen molar-refractivity contribution in [2.45, 2.75) is 38.0 Å². The van der Waals surface area contributed by atoms with E-state index in [0.717, 1.165) is 35.2 Å². The molecule has 120 valence electrons. The van der Waals surface area contributed by atoms with Gasteiger partial charge in [0.2, 0.25) is 5.91 Å². The number of pyridine rings is 1. The van der Waals surface area contributed by atoms with E-state index in [1.165, 1.54) is 0 Å². The molecule has 0 bridgehead atoms. The van der Waals surface area contributed by atoms with Crippen LogP contribution in [-0.2, 0) is 16.9 Å². The lowest BCUT2D eigenvalue weighted by molar-refractivity contribution is -0.123. The van der Waals surface area contributed by atoms with Gasteiger partial charge in [-0.25, -0.2) is 0 Å². The molecule has 1 saturated carbocycles. The smallest absolute Gasteiger partial charge is 0.237 e. The van der Waals surface area contributed by atoms with E-state index in [9.17, 15) is 4.79 Å². The van der Waals surface area contributed by atoms with Gasteiger partial charge in [-0.1, -0.05) is 30.3 Å². The number of carbonyl (C=O) groups is 1. The summed E-state index contributed by atoms with van der Waals surface area (Å²) < 4.78 is 0. The molecule has 1 aromatic heterocycles. The predicted molar refractivity (Wildman–Crippen MR) is 88.3 cm³/mol. The van der Waals surface area contributed by atoms with Gasteiger partial charge in [-0.05, 0) is 37.0 Å². The Bertz CT molecular complexity index is 689. The monoisotopic (exact) mass is 311 g/mol. The Labute approximate surface area is 135 Å². The molecule has 3 rings (SSSR count). The van der Waals surface area contributed by atoms with Gasteiger partial charge in [0.15, 0.2) is 0 Å². The number of nitrogens with two attached hydrogens (primary N) is 1. The topological polar surface area (TPSA) is 88.2 Å². The lowest BCUT2D eigenvalue weighted by Gasteiger charge is -2.18. The number of nitrogens with one attached hydrogen (secondary N) is 1. The van der Waals surface area contributed by atoms with Crippen molar-refractivity contribution in [1.82, 2.24) is 10.3 Å². The second-order valence-electron chi connectivity index (χ2n) is 6.15. The molecule has 1 unspecified atom stereocenters. The molecule has 1 aromatic carbocycles. The third-order valence-electron chi connectivity index (χ3n) is 4.25. The minimum absolute atomic E-state index is 0.0409. The average molecular weight is 311 g/mol. The number of aliphatic hydroxyl groups is 1. The Morgan fingerprint density at radius 2 is 1.91 bits per heavy atom. The van der Waals surface area contributed by atoms with E-state index in [-0.39, 0.29) is 18.1 Å². The summed E-state index contributed by atoms with van der Waals surface area (Å²) in [5.74, 6) is -0.145. The molecule has 2 aromatic rings. The fourth-order valence-electron chi connectivity index (χ4n) is 2.57. The van der Waals surface area contributed by atoms with Gasteiger partial charge in [-0.3, -0.25) is 9.78 Å². The highest BCUT2D eigenvalue weighted by Crippen LogP contribution is 2.44. The first-order chi connectivity index (χ1) is 11.0. The second kappa shape index (κ2) is 6.10. The Hall–Kier alpha value is -2.24. The van der Waals surface area contributed by atoms with Crippen LogP contribution in [0.5, 0.6) is 0 Å². The minimum atomic E-state index is -0.517. The van der Waals surface area contributed by atoms with Crippen LogP contribution in [0.3, 0.4) is 0 Å². The Kier molecular flexibility index (Phi) is 4.15. The number of amides is 1. The van der Waals surface area contributed by atoms with Gasteiger partial charge in [0.25, 0.3) is 0 Å². The molecule has 1 atom stereocenters. The van der Waals surface area contributed by atoms with E-state index in [1.807, 2.05) is 42.6 Å². The van der Waals surface area contributed by atoms with Crippen molar-refractivity contribution in [2.24, 2.45) is 5.73 Å². The maximum Gasteiger partial charge on any atom is 0.237 e. The Morgan fingerprint density at radius 3 is 2.39 bits per heavy atom. The quantitative estimate of drug-likeness (QED) is 0.784. The summed E-state index contributed by atoms with van der Waals surface area (Å²) in [7, 11) is 0. The van der Waals surface area contributed by atoms with Crippen molar-refractivity contribution >= 4 is 5.91 Å². The fourth-order valence-corrected chi connectivity index (χ4v) is 2.57. The number of hydrogen-bond acceptors (Lipinski definition) is 4. The first-order valence-corrected chi connectivity index (χ1v) is 7.78. The van der Waals surface area contributed by atoms with Crippen LogP contribution < -0.4 is 11.1 Å². The normalized spacial score (nSPS) is 16.7. The predicted octanol–water partition coefficient (Wildman–Crippen LogP) is 1.69. The van der Waals surface area contributed by atoms with Gasteiger partial charge in [-0.2, -0.15) is 0 Å². The zero-order chi connectivity index (χ0) is 16.4. The first-order valence-electron chi connectivity index (χ1n) is 7.78. The van der Waals surface area contributed by atoms with Crippen LogP contribution in [-0.4, -0.2) is 22.0 Å². The summed E-state index contributed by atoms with van der Waals surface area (Å²) in [6.07, 6.45) is 3.60. The van der Waals surface area contributed by atoms with Crippen LogP contribution in [0.4, 0.5) is 0 Å². The molecular formula is C18H21N3O2. The van der Waals surface area contributed by atoms with Crippen LogP contribution in [0.15, 0.2) is 42.6 Å². The third-order valence-corrected chi connectivity index (χ3v) is 4.25. The highest BCUT2D eigenvalue weighted by atomic mass is 16.3. The average Bonchev–Trinajstić information content (AvgIpc) is 3.36. The molecular weight excluding hydrogens is 290 g/mol. The number of carbonyl (C=O) groups excluding carboxylic acids is 1. The zero-order valence-corrected chi connectivity index (χ0v) is 13.1. The SMILES string of the molecule is CC(N)C(=O)NC1(c2ccc(-c3ccc(CO)cc3)cn2)CC1. The van der Waals surface area contributed by atoms with E-state index < -0.39 is 6.04 Å². The molecule has 4 N–H and O–H groups in total. The summed E-state index contributed by atoms with van der Waals surface area (Å²) in [4.78, 5) is 16.4. The second-order valence-corrected chi connectivity index (χ2v) is 6.15. The zero-order valence-electron chi connectivity index (χ0n) is 13.1. The van der Waals surface area contributed by atoms with E-state index in [1.54, 1.807) is 6.92 Å². The van der Waals surface area contributed by atoms with Crippen LogP contribution in [0.2, 0.25) is 0 Å². The molecule has 1 heterocycles. The van der Waals surface area contributed by atoms with E-state index >= 15 is 0 Å². The molecule has 0 saturated heterocycles. The van der Waals surface area contributed by atoms with Crippen LogP contribution >= 0.6 is 0 Å². The highest BCUT2D eigenvalue weighted by molar-refractivity contribution is 5.82. The first kappa shape index (κ1) is 15.6. The van der Waals surface area contributed by atoms with Gasteiger partial charge in [0.1, 0.15) is 0 Å². The van der Waals surface area contributed by atoms with Crippen molar-refractivity contribution in [2.75, 3.05) is 0 Å². The maximum atomic E-state index is 11.8. The summed E-state index contributed by atoms with van der Waals surface area (Å²) in [6.45, 7) is 1.72. The van der Waals surface area contributed by atoms with Crippen molar-refractivity contribution in [1.29, 1.82) is 0 Å². The van der Waals surface area contributed by atoms with Crippen molar-refractivity contribution in [3.05, 3.63) is 53.9 Å². The summed E-state index contributed by atoms with van der Waals surface area (Å²) in [5.41, 5.74) is 9.09. The van der Waals surface area contributed by atoms with Gasteiger partial charge in [0.05, 0.1) is 23.9 Å². The molecule has 0 spiro atoms. The largest absolute Gasteiger partial charge is 0.392 e. The molecule has 0 radical (unpaired) electrons. The highest BCUT2D eigenvalue weighted by Gasteiger charge is 2.47. The number of benzene rings is 1. The molecule has 1 amide bonds. The minimum Gasteiger partial charge on any atom is -0.392 e. The van der Waals surface area contributed by atoms with Crippen molar-refractivity contribution < 1.29 is 9.90 Å².